The van der Waals surface area contributed by atoms with Crippen LogP contribution < -0.4 is 10.1 Å². The first-order valence-electron chi connectivity index (χ1n) is 18.7. The number of ether oxygens (including phenoxy) is 1. The van der Waals surface area contributed by atoms with Gasteiger partial charge in [0, 0.05) is 54.8 Å². The predicted molar refractivity (Wildman–Crippen MR) is 211 cm³/mol. The van der Waals surface area contributed by atoms with E-state index in [0.717, 1.165) is 29.0 Å². The van der Waals surface area contributed by atoms with E-state index >= 15 is 0 Å². The van der Waals surface area contributed by atoms with Gasteiger partial charge in [-0.3, -0.25) is 14.7 Å². The molecule has 5 aromatic rings. The number of nitrogens with zero attached hydrogens (tertiary/aromatic N) is 8. The van der Waals surface area contributed by atoms with Gasteiger partial charge in [-0.05, 0) is 69.1 Å². The standard InChI is InChI=1S/C18H20N4O.C17H10N4O4.C7H15N/c1-21(16-8-3-2-4-9-16)18(23)22-12-17(20-13-22)15-7-5-6-14(10-15)11-19;18-9-12-2-1-3-13(8-12)16-10-20(11-19-16)17(22)25-15-6-4-14(5-7-15)21(23)24;1-8-7-5-3-2-4-6-7/h5-7,10,12-13,16H,2-4,8-9H2,1H3;1-8,10-11H;7-8H,2-6H2,1H3. The van der Waals surface area contributed by atoms with Crippen LogP contribution in [0.4, 0.5) is 15.3 Å². The molecule has 7 rings (SSSR count). The van der Waals surface area contributed by atoms with E-state index in [4.69, 9.17) is 15.3 Å². The molecule has 1 N–H and O–H groups in total. The fourth-order valence-electron chi connectivity index (χ4n) is 6.63. The van der Waals surface area contributed by atoms with Crippen LogP contribution in [0.1, 0.15) is 75.3 Å². The van der Waals surface area contributed by atoms with Crippen LogP contribution in [-0.4, -0.2) is 67.2 Å². The number of imidazole rings is 2. The number of aromatic nitrogens is 4. The molecule has 2 heterocycles. The summed E-state index contributed by atoms with van der Waals surface area (Å²) in [5, 5.41) is 31.8. The lowest BCUT2D eigenvalue weighted by atomic mass is 9.95. The van der Waals surface area contributed by atoms with Crippen molar-refractivity contribution in [3.63, 3.8) is 0 Å². The van der Waals surface area contributed by atoms with E-state index in [1.807, 2.05) is 30.1 Å². The molecule has 0 radical (unpaired) electrons. The maximum absolute atomic E-state index is 12.6. The molecule has 2 aliphatic carbocycles. The van der Waals surface area contributed by atoms with Crippen molar-refractivity contribution < 1.29 is 19.2 Å². The zero-order valence-electron chi connectivity index (χ0n) is 31.6. The number of hydrogen-bond acceptors (Lipinski definition) is 10. The minimum absolute atomic E-state index is 0.0490. The molecule has 2 aliphatic rings. The van der Waals surface area contributed by atoms with E-state index in [1.165, 1.54) is 92.7 Å². The first kappa shape index (κ1) is 40.5. The zero-order chi connectivity index (χ0) is 39.9. The number of nitrogens with one attached hydrogen (secondary N) is 1. The van der Waals surface area contributed by atoms with Gasteiger partial charge < -0.3 is 15.0 Å². The Kier molecular flexibility index (Phi) is 14.6. The molecule has 0 atom stereocenters. The SMILES string of the molecule is CN(C(=O)n1cnc(-c2cccc(C#N)c2)c1)C1CCCCC1.CNC1CCCCC1.N#Cc1cccc(-c2cn(C(=O)Oc3ccc([N+](=O)[O-])cc3)cn2)c1. The average molecular weight is 756 g/mol. The van der Waals surface area contributed by atoms with Crippen molar-refractivity contribution in [2.45, 2.75) is 76.3 Å². The van der Waals surface area contributed by atoms with Crippen LogP contribution in [0, 0.1) is 32.8 Å². The van der Waals surface area contributed by atoms with E-state index in [0.29, 0.717) is 34.1 Å². The number of amides is 1. The Balaban J connectivity index is 0.000000180. The lowest BCUT2D eigenvalue weighted by molar-refractivity contribution is -0.384. The van der Waals surface area contributed by atoms with Gasteiger partial charge in [-0.1, -0.05) is 62.8 Å². The Morgan fingerprint density at radius 2 is 1.32 bits per heavy atom. The monoisotopic (exact) mass is 755 g/mol. The molecule has 3 aromatic carbocycles. The lowest BCUT2D eigenvalue weighted by Gasteiger charge is -2.31. The number of nitro groups is 1. The Morgan fingerprint density at radius 1 is 0.804 bits per heavy atom. The van der Waals surface area contributed by atoms with Crippen molar-refractivity contribution in [2.75, 3.05) is 14.1 Å². The molecule has 14 nitrogen and oxygen atoms in total. The third-order valence-corrected chi connectivity index (χ3v) is 9.86. The van der Waals surface area contributed by atoms with Gasteiger partial charge in [-0.25, -0.2) is 24.1 Å². The summed E-state index contributed by atoms with van der Waals surface area (Å²) in [6.45, 7) is 0. The number of nitriles is 2. The predicted octanol–water partition coefficient (Wildman–Crippen LogP) is 8.57. The number of carbonyl (C=O) groups is 2. The third kappa shape index (κ3) is 11.2. The second-order valence-corrected chi connectivity index (χ2v) is 13.6. The van der Waals surface area contributed by atoms with Gasteiger partial charge in [0.2, 0.25) is 0 Å². The van der Waals surface area contributed by atoms with E-state index < -0.39 is 11.0 Å². The smallest absolute Gasteiger partial charge is 0.410 e. The molecule has 0 bridgehead atoms. The van der Waals surface area contributed by atoms with Gasteiger partial charge in [-0.15, -0.1) is 0 Å². The van der Waals surface area contributed by atoms with Crippen LogP contribution in [0.3, 0.4) is 0 Å². The number of benzene rings is 3. The van der Waals surface area contributed by atoms with Gasteiger partial charge >= 0.3 is 12.1 Å². The summed E-state index contributed by atoms with van der Waals surface area (Å²) >= 11 is 0. The first-order chi connectivity index (χ1) is 27.2. The maximum atomic E-state index is 12.6. The van der Waals surface area contributed by atoms with Crippen molar-refractivity contribution in [3.05, 3.63) is 119 Å². The molecule has 14 heteroatoms. The molecule has 0 spiro atoms. The van der Waals surface area contributed by atoms with Crippen LogP contribution in [0.5, 0.6) is 5.75 Å². The summed E-state index contributed by atoms with van der Waals surface area (Å²) in [6.07, 6.45) is 18.3. The topological polar surface area (TPSA) is 185 Å². The molecule has 288 valence electrons. The highest BCUT2D eigenvalue weighted by Crippen LogP contribution is 2.24. The molecule has 0 unspecified atom stereocenters. The molecule has 2 fully saturated rings. The number of non-ortho nitro benzene ring substituents is 1. The van der Waals surface area contributed by atoms with Crippen LogP contribution in [0.2, 0.25) is 0 Å². The van der Waals surface area contributed by atoms with E-state index in [9.17, 15) is 19.7 Å². The molecule has 0 saturated heterocycles. The molecular weight excluding hydrogens is 711 g/mol. The highest BCUT2D eigenvalue weighted by atomic mass is 16.6. The van der Waals surface area contributed by atoms with Gasteiger partial charge in [-0.2, -0.15) is 10.5 Å². The van der Waals surface area contributed by atoms with Crippen LogP contribution in [0.15, 0.2) is 97.8 Å². The summed E-state index contributed by atoms with van der Waals surface area (Å²) in [5.41, 5.74) is 3.73. The van der Waals surface area contributed by atoms with Crippen molar-refractivity contribution >= 4 is 17.8 Å². The fourth-order valence-corrected chi connectivity index (χ4v) is 6.63. The van der Waals surface area contributed by atoms with Crippen LogP contribution >= 0.6 is 0 Å². The number of nitro benzene ring substituents is 1. The molecule has 2 saturated carbocycles. The molecule has 56 heavy (non-hydrogen) atoms. The summed E-state index contributed by atoms with van der Waals surface area (Å²) in [7, 11) is 3.93. The summed E-state index contributed by atoms with van der Waals surface area (Å²) < 4.78 is 7.82. The lowest BCUT2D eigenvalue weighted by Crippen LogP contribution is -2.40. The van der Waals surface area contributed by atoms with Crippen molar-refractivity contribution in [1.29, 1.82) is 10.5 Å². The van der Waals surface area contributed by atoms with Crippen molar-refractivity contribution in [2.24, 2.45) is 0 Å². The first-order valence-corrected chi connectivity index (χ1v) is 18.7. The number of hydrogen-bond donors (Lipinski definition) is 1. The minimum Gasteiger partial charge on any atom is -0.410 e. The van der Waals surface area contributed by atoms with Gasteiger partial charge in [0.05, 0.1) is 39.6 Å². The quantitative estimate of drug-likeness (QED) is 0.130. The Hall–Kier alpha value is -6.64. The highest BCUT2D eigenvalue weighted by Gasteiger charge is 2.23. The third-order valence-electron chi connectivity index (χ3n) is 9.86. The summed E-state index contributed by atoms with van der Waals surface area (Å²) in [6, 6.07) is 24.5. The normalized spacial score (nSPS) is 14.1. The maximum Gasteiger partial charge on any atom is 0.424 e. The molecule has 1 amide bonds. The second-order valence-electron chi connectivity index (χ2n) is 13.6. The second kappa shape index (κ2) is 20.2. The average Bonchev–Trinajstić information content (AvgIpc) is 3.96. The largest absolute Gasteiger partial charge is 0.424 e. The highest BCUT2D eigenvalue weighted by molar-refractivity contribution is 5.78. The fraction of sp³-hybridized carbons (Fsp3) is 0.333. The summed E-state index contributed by atoms with van der Waals surface area (Å²) in [5.74, 6) is 0.178. The molecular formula is C42H45N9O5. The summed E-state index contributed by atoms with van der Waals surface area (Å²) in [4.78, 5) is 45.1. The Morgan fingerprint density at radius 3 is 1.82 bits per heavy atom. The van der Waals surface area contributed by atoms with Gasteiger partial charge in [0.25, 0.3) is 5.69 Å². The molecule has 2 aromatic heterocycles. The van der Waals surface area contributed by atoms with Crippen LogP contribution in [-0.2, 0) is 0 Å². The molecule has 0 aliphatic heterocycles. The van der Waals surface area contributed by atoms with Crippen molar-refractivity contribution in [1.82, 2.24) is 29.3 Å². The van der Waals surface area contributed by atoms with E-state index in [2.05, 4.69) is 28.4 Å². The van der Waals surface area contributed by atoms with Crippen LogP contribution in [0.25, 0.3) is 22.5 Å². The Labute approximate surface area is 326 Å². The van der Waals surface area contributed by atoms with E-state index in [1.54, 1.807) is 48.9 Å². The Bertz CT molecular complexity index is 2170. The number of rotatable bonds is 6. The van der Waals surface area contributed by atoms with Gasteiger partial charge in [0.15, 0.2) is 0 Å². The zero-order valence-corrected chi connectivity index (χ0v) is 31.6. The number of carbonyl (C=O) groups excluding carboxylic acids is 2. The van der Waals surface area contributed by atoms with E-state index in [-0.39, 0.29) is 17.5 Å². The van der Waals surface area contributed by atoms with Gasteiger partial charge in [0.1, 0.15) is 18.4 Å². The minimum atomic E-state index is -0.705. The van der Waals surface area contributed by atoms with Crippen molar-refractivity contribution in [3.8, 4) is 40.4 Å².